The Bertz CT molecular complexity index is 388. The van der Waals surface area contributed by atoms with E-state index in [0.717, 1.165) is 6.07 Å². The largest absolute Gasteiger partial charge is 0.433 e. The summed E-state index contributed by atoms with van der Waals surface area (Å²) in [5.74, 6) is -0.852. The zero-order valence-electron chi connectivity index (χ0n) is 8.80. The fourth-order valence-electron chi connectivity index (χ4n) is 0.985. The maximum atomic E-state index is 11.4. The molecule has 1 atom stereocenters. The maximum absolute atomic E-state index is 11.4. The Labute approximate surface area is 91.8 Å². The molecule has 1 aromatic rings. The first-order valence-electron chi connectivity index (χ1n) is 4.77. The number of hydrogen-bond donors (Lipinski definition) is 2. The van der Waals surface area contributed by atoms with Gasteiger partial charge in [-0.05, 0) is 18.5 Å². The Balaban J connectivity index is 2.56. The molecule has 0 aliphatic carbocycles. The number of hydrogen-bond acceptors (Lipinski definition) is 5. The van der Waals surface area contributed by atoms with Crippen molar-refractivity contribution in [3.05, 3.63) is 28.0 Å². The smallest absolute Gasteiger partial charge is 0.395 e. The molecule has 1 rings (SSSR count). The fraction of sp³-hybridized carbons (Fsp3) is 0.444. The van der Waals surface area contributed by atoms with E-state index in [4.69, 9.17) is 10.2 Å². The van der Waals surface area contributed by atoms with Crippen LogP contribution >= 0.6 is 0 Å². The highest BCUT2D eigenvalue weighted by molar-refractivity contribution is 5.91. The van der Waals surface area contributed by atoms with Gasteiger partial charge in [0.05, 0.1) is 6.07 Å². The van der Waals surface area contributed by atoms with Crippen LogP contribution in [0.1, 0.15) is 17.5 Å². The van der Waals surface area contributed by atoms with Gasteiger partial charge >= 0.3 is 5.88 Å². The van der Waals surface area contributed by atoms with Crippen molar-refractivity contribution in [2.45, 2.75) is 6.92 Å². The van der Waals surface area contributed by atoms with Gasteiger partial charge < -0.3 is 15.5 Å². The van der Waals surface area contributed by atoms with E-state index in [-0.39, 0.29) is 11.7 Å². The average Bonchev–Trinajstić information content (AvgIpc) is 2.74. The third-order valence-electron chi connectivity index (χ3n) is 2.01. The van der Waals surface area contributed by atoms with Crippen LogP contribution in [0.4, 0.5) is 5.88 Å². The van der Waals surface area contributed by atoms with Crippen molar-refractivity contribution >= 4 is 11.8 Å². The van der Waals surface area contributed by atoms with Gasteiger partial charge in [-0.25, -0.2) is 0 Å². The molecular formula is C9H13N3O4. The highest BCUT2D eigenvalue weighted by Gasteiger charge is 2.17. The summed E-state index contributed by atoms with van der Waals surface area (Å²) in [4.78, 5) is 21.1. The van der Waals surface area contributed by atoms with Crippen molar-refractivity contribution in [1.29, 1.82) is 0 Å². The normalized spacial score (nSPS) is 12.1. The van der Waals surface area contributed by atoms with Crippen molar-refractivity contribution in [2.24, 2.45) is 11.7 Å². The van der Waals surface area contributed by atoms with E-state index in [1.54, 1.807) is 0 Å². The molecule has 1 amide bonds. The number of rotatable bonds is 5. The van der Waals surface area contributed by atoms with Crippen LogP contribution in [-0.2, 0) is 0 Å². The quantitative estimate of drug-likeness (QED) is 0.562. The predicted molar refractivity (Wildman–Crippen MR) is 55.9 cm³/mol. The molecule has 7 heteroatoms. The van der Waals surface area contributed by atoms with Crippen LogP contribution in [0.5, 0.6) is 0 Å². The molecule has 16 heavy (non-hydrogen) atoms. The van der Waals surface area contributed by atoms with Crippen molar-refractivity contribution < 1.29 is 14.1 Å². The molecule has 1 unspecified atom stereocenters. The van der Waals surface area contributed by atoms with Gasteiger partial charge in [-0.2, -0.15) is 0 Å². The van der Waals surface area contributed by atoms with Crippen molar-refractivity contribution in [3.8, 4) is 0 Å². The van der Waals surface area contributed by atoms with Crippen LogP contribution in [0.3, 0.4) is 0 Å². The fourth-order valence-corrected chi connectivity index (χ4v) is 0.985. The lowest BCUT2D eigenvalue weighted by Gasteiger charge is -2.08. The Morgan fingerprint density at radius 2 is 2.38 bits per heavy atom. The topological polar surface area (TPSA) is 111 Å². The third-order valence-corrected chi connectivity index (χ3v) is 2.01. The van der Waals surface area contributed by atoms with Crippen molar-refractivity contribution in [2.75, 3.05) is 13.1 Å². The molecule has 88 valence electrons. The number of nitrogens with zero attached hydrogens (tertiary/aromatic N) is 1. The van der Waals surface area contributed by atoms with E-state index < -0.39 is 16.7 Å². The zero-order chi connectivity index (χ0) is 12.1. The first-order chi connectivity index (χ1) is 7.54. The molecule has 7 nitrogen and oxygen atoms in total. The number of nitrogens with two attached hydrogens (primary N) is 1. The van der Waals surface area contributed by atoms with Crippen molar-refractivity contribution in [3.63, 3.8) is 0 Å². The van der Waals surface area contributed by atoms with E-state index in [0.29, 0.717) is 13.1 Å². The second kappa shape index (κ2) is 5.26. The number of amides is 1. The van der Waals surface area contributed by atoms with Gasteiger partial charge in [0.2, 0.25) is 0 Å². The molecule has 0 bridgehead atoms. The first-order valence-corrected chi connectivity index (χ1v) is 4.77. The third kappa shape index (κ3) is 3.06. The lowest BCUT2D eigenvalue weighted by atomic mass is 10.2. The van der Waals surface area contributed by atoms with E-state index in [1.807, 2.05) is 6.92 Å². The average molecular weight is 227 g/mol. The number of carbonyl (C=O) groups excluding carboxylic acids is 1. The molecule has 0 saturated carbocycles. The maximum Gasteiger partial charge on any atom is 0.433 e. The summed E-state index contributed by atoms with van der Waals surface area (Å²) < 4.78 is 4.73. The second-order valence-electron chi connectivity index (χ2n) is 3.45. The number of furan rings is 1. The Morgan fingerprint density at radius 1 is 1.69 bits per heavy atom. The zero-order valence-corrected chi connectivity index (χ0v) is 8.80. The minimum Gasteiger partial charge on any atom is -0.395 e. The first kappa shape index (κ1) is 12.2. The highest BCUT2D eigenvalue weighted by atomic mass is 16.6. The monoisotopic (exact) mass is 227 g/mol. The summed E-state index contributed by atoms with van der Waals surface area (Å²) in [5.41, 5.74) is 5.38. The SMILES string of the molecule is CC(CN)CNC(=O)c1ccc([N+](=O)[O-])o1. The molecule has 3 N–H and O–H groups in total. The second-order valence-corrected chi connectivity index (χ2v) is 3.45. The minimum absolute atomic E-state index is 0.0732. The Morgan fingerprint density at radius 3 is 2.88 bits per heavy atom. The highest BCUT2D eigenvalue weighted by Crippen LogP contribution is 2.15. The molecule has 1 aromatic heterocycles. The molecular weight excluding hydrogens is 214 g/mol. The van der Waals surface area contributed by atoms with Gasteiger partial charge in [0.1, 0.15) is 4.92 Å². The Hall–Kier alpha value is -1.89. The molecule has 1 heterocycles. The summed E-state index contributed by atoms with van der Waals surface area (Å²) in [6, 6.07) is 2.40. The number of nitro groups is 1. The predicted octanol–water partition coefficient (Wildman–Crippen LogP) is 0.512. The van der Waals surface area contributed by atoms with Gasteiger partial charge in [0, 0.05) is 6.54 Å². The Kier molecular flexibility index (Phi) is 4.01. The molecule has 0 spiro atoms. The molecule has 0 aliphatic rings. The molecule has 0 saturated heterocycles. The van der Waals surface area contributed by atoms with Crippen LogP contribution in [0, 0.1) is 16.0 Å². The van der Waals surface area contributed by atoms with Crippen LogP contribution in [0.25, 0.3) is 0 Å². The van der Waals surface area contributed by atoms with Gasteiger partial charge in [-0.3, -0.25) is 14.9 Å². The van der Waals surface area contributed by atoms with Crippen LogP contribution in [-0.4, -0.2) is 23.9 Å². The molecule has 0 aliphatic heterocycles. The lowest BCUT2D eigenvalue weighted by molar-refractivity contribution is -0.402. The summed E-state index contributed by atoms with van der Waals surface area (Å²) in [7, 11) is 0. The summed E-state index contributed by atoms with van der Waals surface area (Å²) in [5, 5.41) is 12.9. The van der Waals surface area contributed by atoms with E-state index >= 15 is 0 Å². The van der Waals surface area contributed by atoms with E-state index in [2.05, 4.69) is 5.32 Å². The van der Waals surface area contributed by atoms with Gasteiger partial charge in [0.15, 0.2) is 5.76 Å². The lowest BCUT2D eigenvalue weighted by Crippen LogP contribution is -2.30. The standard InChI is InChI=1S/C9H13N3O4/c1-6(4-10)5-11-9(13)7-2-3-8(16-7)12(14)15/h2-3,6H,4-5,10H2,1H3,(H,11,13). The molecule has 0 fully saturated rings. The summed E-state index contributed by atoms with van der Waals surface area (Å²) in [6.07, 6.45) is 0. The van der Waals surface area contributed by atoms with Crippen LogP contribution in [0.15, 0.2) is 16.5 Å². The minimum atomic E-state index is -0.695. The number of nitrogens with one attached hydrogen (secondary N) is 1. The summed E-state index contributed by atoms with van der Waals surface area (Å²) >= 11 is 0. The van der Waals surface area contributed by atoms with Crippen molar-refractivity contribution in [1.82, 2.24) is 5.32 Å². The van der Waals surface area contributed by atoms with Crippen LogP contribution < -0.4 is 11.1 Å². The molecule has 0 radical (unpaired) electrons. The molecule has 0 aromatic carbocycles. The van der Waals surface area contributed by atoms with Gasteiger partial charge in [0.25, 0.3) is 5.91 Å². The van der Waals surface area contributed by atoms with Crippen LogP contribution in [0.2, 0.25) is 0 Å². The van der Waals surface area contributed by atoms with Gasteiger partial charge in [-0.1, -0.05) is 6.92 Å². The summed E-state index contributed by atoms with van der Waals surface area (Å²) in [6.45, 7) is 2.74. The van der Waals surface area contributed by atoms with E-state index in [9.17, 15) is 14.9 Å². The van der Waals surface area contributed by atoms with E-state index in [1.165, 1.54) is 6.07 Å². The van der Waals surface area contributed by atoms with Gasteiger partial charge in [-0.15, -0.1) is 0 Å². The number of carbonyl (C=O) groups is 1.